The minimum absolute atomic E-state index is 0.0262. The highest BCUT2D eigenvalue weighted by Gasteiger charge is 2.33. The molecule has 2 aliphatic rings. The highest BCUT2D eigenvalue weighted by molar-refractivity contribution is 4.87. The Morgan fingerprint density at radius 1 is 1.16 bits per heavy atom. The summed E-state index contributed by atoms with van der Waals surface area (Å²) in [5, 5.41) is 13.2. The zero-order chi connectivity index (χ0) is 13.9. The van der Waals surface area contributed by atoms with Crippen LogP contribution in [-0.2, 0) is 0 Å². The van der Waals surface area contributed by atoms with Gasteiger partial charge in [-0.2, -0.15) is 0 Å². The first-order valence-corrected chi connectivity index (χ1v) is 8.04. The van der Waals surface area contributed by atoms with Gasteiger partial charge < -0.3 is 15.3 Å². The van der Waals surface area contributed by atoms with Crippen molar-refractivity contribution in [3.63, 3.8) is 0 Å². The van der Waals surface area contributed by atoms with Crippen LogP contribution < -0.4 is 5.32 Å². The van der Waals surface area contributed by atoms with Gasteiger partial charge in [-0.3, -0.25) is 0 Å². The summed E-state index contributed by atoms with van der Waals surface area (Å²) in [5.41, 5.74) is 0.402. The van der Waals surface area contributed by atoms with Crippen LogP contribution in [0, 0.1) is 17.3 Å². The van der Waals surface area contributed by atoms with Crippen molar-refractivity contribution in [2.45, 2.75) is 52.1 Å². The standard InChI is InChI=1S/C16H32N2O/c1-16(2,14-8-9-18(3)11-14)12-17-10-13-4-6-15(19)7-5-13/h13-15,17,19H,4-12H2,1-3H3. The monoisotopic (exact) mass is 268 g/mol. The maximum absolute atomic E-state index is 9.52. The van der Waals surface area contributed by atoms with Crippen LogP contribution in [0.25, 0.3) is 0 Å². The quantitative estimate of drug-likeness (QED) is 0.801. The number of nitrogens with one attached hydrogen (secondary N) is 1. The van der Waals surface area contributed by atoms with Crippen LogP contribution in [0.3, 0.4) is 0 Å². The molecule has 0 amide bonds. The number of likely N-dealkylation sites (tertiary alicyclic amines) is 1. The second-order valence-corrected chi connectivity index (χ2v) is 7.54. The van der Waals surface area contributed by atoms with E-state index < -0.39 is 0 Å². The van der Waals surface area contributed by atoms with E-state index in [4.69, 9.17) is 0 Å². The van der Waals surface area contributed by atoms with E-state index in [1.54, 1.807) is 0 Å². The van der Waals surface area contributed by atoms with Crippen molar-refractivity contribution in [2.75, 3.05) is 33.2 Å². The minimum Gasteiger partial charge on any atom is -0.393 e. The molecule has 1 aliphatic carbocycles. The molecule has 2 rings (SSSR count). The maximum Gasteiger partial charge on any atom is 0.0540 e. The zero-order valence-electron chi connectivity index (χ0n) is 13.0. The van der Waals surface area contributed by atoms with Gasteiger partial charge in [-0.25, -0.2) is 0 Å². The van der Waals surface area contributed by atoms with Crippen LogP contribution >= 0.6 is 0 Å². The molecular weight excluding hydrogens is 236 g/mol. The Hall–Kier alpha value is -0.120. The van der Waals surface area contributed by atoms with Crippen LogP contribution in [0.2, 0.25) is 0 Å². The number of aliphatic hydroxyl groups excluding tert-OH is 1. The van der Waals surface area contributed by atoms with Gasteiger partial charge in [0.05, 0.1) is 6.10 Å². The fourth-order valence-corrected chi connectivity index (χ4v) is 3.66. The smallest absolute Gasteiger partial charge is 0.0540 e. The Bertz CT molecular complexity index is 272. The lowest BCUT2D eigenvalue weighted by Gasteiger charge is -2.33. The molecular formula is C16H32N2O. The van der Waals surface area contributed by atoms with E-state index in [2.05, 4.69) is 31.1 Å². The summed E-state index contributed by atoms with van der Waals surface area (Å²) in [6.07, 6.45) is 5.72. The van der Waals surface area contributed by atoms with E-state index >= 15 is 0 Å². The summed E-state index contributed by atoms with van der Waals surface area (Å²) in [6, 6.07) is 0. The Labute approximate surface area is 118 Å². The van der Waals surface area contributed by atoms with Crippen molar-refractivity contribution in [2.24, 2.45) is 17.3 Å². The van der Waals surface area contributed by atoms with Crippen LogP contribution in [0.4, 0.5) is 0 Å². The average molecular weight is 268 g/mol. The Morgan fingerprint density at radius 2 is 1.84 bits per heavy atom. The molecule has 1 heterocycles. The topological polar surface area (TPSA) is 35.5 Å². The molecule has 1 saturated carbocycles. The fraction of sp³-hybridized carbons (Fsp3) is 1.00. The lowest BCUT2D eigenvalue weighted by molar-refractivity contribution is 0.106. The molecule has 2 N–H and O–H groups in total. The highest BCUT2D eigenvalue weighted by atomic mass is 16.3. The Morgan fingerprint density at radius 3 is 2.42 bits per heavy atom. The second-order valence-electron chi connectivity index (χ2n) is 7.54. The van der Waals surface area contributed by atoms with Crippen LogP contribution in [0.15, 0.2) is 0 Å². The lowest BCUT2D eigenvalue weighted by Crippen LogP contribution is -2.39. The highest BCUT2D eigenvalue weighted by Crippen LogP contribution is 2.33. The molecule has 1 atom stereocenters. The van der Waals surface area contributed by atoms with Crippen molar-refractivity contribution < 1.29 is 5.11 Å². The molecule has 19 heavy (non-hydrogen) atoms. The molecule has 1 aliphatic heterocycles. The third-order valence-corrected chi connectivity index (χ3v) is 5.33. The van der Waals surface area contributed by atoms with Crippen LogP contribution in [-0.4, -0.2) is 49.3 Å². The maximum atomic E-state index is 9.52. The Kier molecular flexibility index (Phi) is 5.27. The SMILES string of the molecule is CN1CCC(C(C)(C)CNCC2CCC(O)CC2)C1. The van der Waals surface area contributed by atoms with Crippen LogP contribution in [0.1, 0.15) is 46.0 Å². The molecule has 0 bridgehead atoms. The molecule has 0 aromatic heterocycles. The molecule has 3 nitrogen and oxygen atoms in total. The summed E-state index contributed by atoms with van der Waals surface area (Å²) in [7, 11) is 2.23. The third-order valence-electron chi connectivity index (χ3n) is 5.33. The van der Waals surface area contributed by atoms with E-state index in [1.165, 1.54) is 32.4 Å². The van der Waals surface area contributed by atoms with Gasteiger partial charge in [-0.05, 0) is 69.5 Å². The first-order chi connectivity index (χ1) is 8.97. The number of hydrogen-bond acceptors (Lipinski definition) is 3. The second kappa shape index (κ2) is 6.55. The summed E-state index contributed by atoms with van der Waals surface area (Å²) >= 11 is 0. The largest absolute Gasteiger partial charge is 0.393 e. The van der Waals surface area contributed by atoms with Crippen molar-refractivity contribution in [3.8, 4) is 0 Å². The molecule has 112 valence electrons. The number of hydrogen-bond donors (Lipinski definition) is 2. The summed E-state index contributed by atoms with van der Waals surface area (Å²) in [6.45, 7) is 9.60. The average Bonchev–Trinajstić information content (AvgIpc) is 2.79. The Balaban J connectivity index is 1.67. The van der Waals surface area contributed by atoms with Gasteiger partial charge in [-0.1, -0.05) is 13.8 Å². The van der Waals surface area contributed by atoms with Gasteiger partial charge in [0.1, 0.15) is 0 Å². The molecule has 3 heteroatoms. The van der Waals surface area contributed by atoms with E-state index in [-0.39, 0.29) is 6.10 Å². The van der Waals surface area contributed by atoms with Crippen molar-refractivity contribution >= 4 is 0 Å². The van der Waals surface area contributed by atoms with Crippen molar-refractivity contribution in [1.82, 2.24) is 10.2 Å². The molecule has 2 fully saturated rings. The van der Waals surface area contributed by atoms with E-state index in [0.717, 1.165) is 37.8 Å². The van der Waals surface area contributed by atoms with Crippen LogP contribution in [0.5, 0.6) is 0 Å². The molecule has 0 spiro atoms. The van der Waals surface area contributed by atoms with Gasteiger partial charge in [-0.15, -0.1) is 0 Å². The van der Waals surface area contributed by atoms with Gasteiger partial charge in [0.15, 0.2) is 0 Å². The van der Waals surface area contributed by atoms with Gasteiger partial charge >= 0.3 is 0 Å². The predicted octanol–water partition coefficient (Wildman–Crippen LogP) is 2.10. The zero-order valence-corrected chi connectivity index (χ0v) is 13.0. The van der Waals surface area contributed by atoms with Crippen molar-refractivity contribution in [1.29, 1.82) is 0 Å². The molecule has 0 aromatic rings. The van der Waals surface area contributed by atoms with Gasteiger partial charge in [0.25, 0.3) is 0 Å². The summed E-state index contributed by atoms with van der Waals surface area (Å²) in [5.74, 6) is 1.61. The summed E-state index contributed by atoms with van der Waals surface area (Å²) in [4.78, 5) is 2.45. The number of aliphatic hydroxyl groups is 1. The minimum atomic E-state index is -0.0262. The van der Waals surface area contributed by atoms with E-state index in [1.807, 2.05) is 0 Å². The summed E-state index contributed by atoms with van der Waals surface area (Å²) < 4.78 is 0. The fourth-order valence-electron chi connectivity index (χ4n) is 3.66. The molecule has 1 unspecified atom stereocenters. The van der Waals surface area contributed by atoms with Gasteiger partial charge in [0, 0.05) is 13.1 Å². The number of nitrogens with zero attached hydrogens (tertiary/aromatic N) is 1. The van der Waals surface area contributed by atoms with E-state index in [9.17, 15) is 5.11 Å². The third kappa shape index (κ3) is 4.44. The molecule has 1 saturated heterocycles. The lowest BCUT2D eigenvalue weighted by atomic mass is 9.78. The number of rotatable bonds is 5. The van der Waals surface area contributed by atoms with E-state index in [0.29, 0.717) is 5.41 Å². The molecule has 0 radical (unpaired) electrons. The first-order valence-electron chi connectivity index (χ1n) is 8.04. The van der Waals surface area contributed by atoms with Gasteiger partial charge in [0.2, 0.25) is 0 Å². The first kappa shape index (κ1) is 15.3. The predicted molar refractivity (Wildman–Crippen MR) is 80.2 cm³/mol. The molecule has 0 aromatic carbocycles. The van der Waals surface area contributed by atoms with Crippen molar-refractivity contribution in [3.05, 3.63) is 0 Å². The normalized spacial score (nSPS) is 33.8.